The Bertz CT molecular complexity index is 322. The zero-order chi connectivity index (χ0) is 14.5. The second-order valence-corrected chi connectivity index (χ2v) is 5.73. The minimum atomic E-state index is -0.514. The van der Waals surface area contributed by atoms with Crippen LogP contribution in [-0.2, 0) is 19.1 Å². The van der Waals surface area contributed by atoms with Crippen LogP contribution in [0.4, 0.5) is 0 Å². The molecule has 110 valence electrons. The minimum Gasteiger partial charge on any atom is -0.458 e. The van der Waals surface area contributed by atoms with E-state index in [0.29, 0.717) is 32.6 Å². The molecule has 1 atom stereocenters. The average Bonchev–Trinajstić information content (AvgIpc) is 2.75. The van der Waals surface area contributed by atoms with Gasteiger partial charge in [0, 0.05) is 13.2 Å². The zero-order valence-corrected chi connectivity index (χ0v) is 12.4. The van der Waals surface area contributed by atoms with Crippen molar-refractivity contribution in [2.24, 2.45) is 0 Å². The topological polar surface area (TPSA) is 55.8 Å². The first-order valence-electron chi connectivity index (χ1n) is 6.95. The summed E-state index contributed by atoms with van der Waals surface area (Å²) in [7, 11) is 0. The maximum atomic E-state index is 12.1. The molecule has 1 fully saturated rings. The highest BCUT2D eigenvalue weighted by Gasteiger charge is 2.36. The molecule has 0 aliphatic carbocycles. The number of ether oxygens (including phenoxy) is 2. The molecule has 0 aromatic heterocycles. The summed E-state index contributed by atoms with van der Waals surface area (Å²) in [5.41, 5.74) is -0.514. The number of carbonyl (C=O) groups is 2. The van der Waals surface area contributed by atoms with Crippen LogP contribution in [0.1, 0.15) is 47.0 Å². The van der Waals surface area contributed by atoms with Crippen LogP contribution < -0.4 is 0 Å². The van der Waals surface area contributed by atoms with Gasteiger partial charge in [0.25, 0.3) is 0 Å². The van der Waals surface area contributed by atoms with Crippen molar-refractivity contribution in [3.63, 3.8) is 0 Å². The van der Waals surface area contributed by atoms with Crippen LogP contribution in [0.3, 0.4) is 0 Å². The van der Waals surface area contributed by atoms with Gasteiger partial charge in [0.05, 0.1) is 13.0 Å². The lowest BCUT2D eigenvalue weighted by Crippen LogP contribution is -2.43. The summed E-state index contributed by atoms with van der Waals surface area (Å²) in [4.78, 5) is 25.7. The quantitative estimate of drug-likeness (QED) is 0.564. The van der Waals surface area contributed by atoms with E-state index in [1.54, 1.807) is 4.90 Å². The van der Waals surface area contributed by atoms with Crippen molar-refractivity contribution in [3.05, 3.63) is 0 Å². The predicted octanol–water partition coefficient (Wildman–Crippen LogP) is 1.75. The van der Waals surface area contributed by atoms with E-state index in [0.717, 1.165) is 6.42 Å². The van der Waals surface area contributed by atoms with Gasteiger partial charge in [-0.05, 0) is 40.5 Å². The van der Waals surface area contributed by atoms with Gasteiger partial charge in [-0.25, -0.2) is 4.79 Å². The van der Waals surface area contributed by atoms with Crippen molar-refractivity contribution in [3.8, 4) is 0 Å². The van der Waals surface area contributed by atoms with E-state index < -0.39 is 11.6 Å². The highest BCUT2D eigenvalue weighted by molar-refractivity contribution is 5.85. The number of hydrogen-bond donors (Lipinski definition) is 0. The van der Waals surface area contributed by atoms with Gasteiger partial charge in [-0.2, -0.15) is 0 Å². The summed E-state index contributed by atoms with van der Waals surface area (Å²) in [5, 5.41) is 0. The van der Waals surface area contributed by atoms with Crippen molar-refractivity contribution in [1.29, 1.82) is 0 Å². The molecule has 1 saturated heterocycles. The fourth-order valence-corrected chi connectivity index (χ4v) is 2.13. The molecule has 19 heavy (non-hydrogen) atoms. The van der Waals surface area contributed by atoms with E-state index in [2.05, 4.69) is 0 Å². The summed E-state index contributed by atoms with van der Waals surface area (Å²) in [6, 6.07) is -0.423. The predicted molar refractivity (Wildman–Crippen MR) is 71.7 cm³/mol. The number of esters is 1. The monoisotopic (exact) mass is 271 g/mol. The van der Waals surface area contributed by atoms with Gasteiger partial charge < -0.3 is 14.4 Å². The molecule has 0 aromatic carbocycles. The number of carbonyl (C=O) groups excluding carboxylic acids is 2. The summed E-state index contributed by atoms with van der Waals surface area (Å²) < 4.78 is 10.5. The van der Waals surface area contributed by atoms with Gasteiger partial charge >= 0.3 is 5.97 Å². The van der Waals surface area contributed by atoms with E-state index in [1.807, 2.05) is 27.7 Å². The number of nitrogens with zero attached hydrogens (tertiary/aromatic N) is 1. The molecule has 5 heteroatoms. The van der Waals surface area contributed by atoms with Crippen molar-refractivity contribution in [1.82, 2.24) is 4.90 Å². The normalized spacial score (nSPS) is 19.6. The van der Waals surface area contributed by atoms with Crippen molar-refractivity contribution < 1.29 is 19.1 Å². The molecule has 1 aliphatic rings. The molecule has 0 saturated carbocycles. The highest BCUT2D eigenvalue weighted by Crippen LogP contribution is 2.21. The standard InChI is InChI=1S/C14H25NO4/c1-5-18-10-8-12(16)15-9-6-7-11(15)13(17)19-14(2,3)4/h11H,5-10H2,1-4H3/t11-/m0/s1. The van der Waals surface area contributed by atoms with E-state index >= 15 is 0 Å². The Balaban J connectivity index is 2.53. The number of likely N-dealkylation sites (tertiary alicyclic amines) is 1. The van der Waals surface area contributed by atoms with Crippen molar-refractivity contribution in [2.45, 2.75) is 58.6 Å². The van der Waals surface area contributed by atoms with E-state index in [4.69, 9.17) is 9.47 Å². The van der Waals surface area contributed by atoms with Crippen LogP contribution in [0.2, 0.25) is 0 Å². The maximum Gasteiger partial charge on any atom is 0.329 e. The van der Waals surface area contributed by atoms with Crippen LogP contribution in [-0.4, -0.2) is 48.2 Å². The Morgan fingerprint density at radius 1 is 1.32 bits per heavy atom. The minimum absolute atomic E-state index is 0.0261. The largest absolute Gasteiger partial charge is 0.458 e. The molecule has 0 bridgehead atoms. The molecule has 1 amide bonds. The number of amides is 1. The van der Waals surface area contributed by atoms with E-state index in [-0.39, 0.29) is 11.9 Å². The van der Waals surface area contributed by atoms with Gasteiger partial charge in [-0.1, -0.05) is 0 Å². The molecule has 0 unspecified atom stereocenters. The summed E-state index contributed by atoms with van der Waals surface area (Å²) in [5.74, 6) is -0.323. The molecule has 0 radical (unpaired) electrons. The lowest BCUT2D eigenvalue weighted by Gasteiger charge is -2.27. The number of rotatable bonds is 5. The molecule has 1 heterocycles. The lowest BCUT2D eigenvalue weighted by atomic mass is 10.1. The third-order valence-corrected chi connectivity index (χ3v) is 2.92. The Hall–Kier alpha value is -1.10. The molecule has 0 aromatic rings. The van der Waals surface area contributed by atoms with Gasteiger partial charge in [0.2, 0.25) is 5.91 Å². The lowest BCUT2D eigenvalue weighted by molar-refractivity contribution is -0.163. The first-order valence-corrected chi connectivity index (χ1v) is 6.95. The fraction of sp³-hybridized carbons (Fsp3) is 0.857. The molecule has 1 aliphatic heterocycles. The van der Waals surface area contributed by atoms with Crippen LogP contribution in [0.5, 0.6) is 0 Å². The van der Waals surface area contributed by atoms with E-state index in [9.17, 15) is 9.59 Å². The fourth-order valence-electron chi connectivity index (χ4n) is 2.13. The van der Waals surface area contributed by atoms with E-state index in [1.165, 1.54) is 0 Å². The third kappa shape index (κ3) is 5.19. The Morgan fingerprint density at radius 2 is 2.00 bits per heavy atom. The summed E-state index contributed by atoms with van der Waals surface area (Å²) >= 11 is 0. The molecule has 0 N–H and O–H groups in total. The molecular weight excluding hydrogens is 246 g/mol. The van der Waals surface area contributed by atoms with Crippen LogP contribution in [0.15, 0.2) is 0 Å². The van der Waals surface area contributed by atoms with Crippen LogP contribution in [0, 0.1) is 0 Å². The molecular formula is C14H25NO4. The third-order valence-electron chi connectivity index (χ3n) is 2.92. The second kappa shape index (κ2) is 6.89. The first kappa shape index (κ1) is 16.0. The summed E-state index contributed by atoms with van der Waals surface area (Å²) in [6.07, 6.45) is 1.87. The van der Waals surface area contributed by atoms with Crippen LogP contribution >= 0.6 is 0 Å². The smallest absolute Gasteiger partial charge is 0.329 e. The average molecular weight is 271 g/mol. The van der Waals surface area contributed by atoms with Gasteiger partial charge in [0.1, 0.15) is 11.6 Å². The Labute approximate surface area is 115 Å². The van der Waals surface area contributed by atoms with Crippen molar-refractivity contribution >= 4 is 11.9 Å². The Morgan fingerprint density at radius 3 is 2.58 bits per heavy atom. The molecule has 1 rings (SSSR count). The first-order chi connectivity index (χ1) is 8.85. The molecule has 5 nitrogen and oxygen atoms in total. The highest BCUT2D eigenvalue weighted by atomic mass is 16.6. The van der Waals surface area contributed by atoms with Crippen LogP contribution in [0.25, 0.3) is 0 Å². The van der Waals surface area contributed by atoms with Gasteiger partial charge in [-0.15, -0.1) is 0 Å². The maximum absolute atomic E-state index is 12.1. The number of hydrogen-bond acceptors (Lipinski definition) is 4. The second-order valence-electron chi connectivity index (χ2n) is 5.73. The Kier molecular flexibility index (Phi) is 5.79. The zero-order valence-electron chi connectivity index (χ0n) is 12.4. The SMILES string of the molecule is CCOCCC(=O)N1CCC[C@H]1C(=O)OC(C)(C)C. The van der Waals surface area contributed by atoms with Gasteiger partial charge in [-0.3, -0.25) is 4.79 Å². The molecule has 0 spiro atoms. The van der Waals surface area contributed by atoms with Gasteiger partial charge in [0.15, 0.2) is 0 Å². The van der Waals surface area contributed by atoms with Crippen molar-refractivity contribution in [2.75, 3.05) is 19.8 Å². The summed E-state index contributed by atoms with van der Waals surface area (Å²) in [6.45, 7) is 9.04.